The lowest BCUT2D eigenvalue weighted by atomic mass is 10.0. The van der Waals surface area contributed by atoms with Crippen molar-refractivity contribution in [1.82, 2.24) is 24.1 Å². The third-order valence-electron chi connectivity index (χ3n) is 14.0. The predicted molar refractivity (Wildman–Crippen MR) is 285 cm³/mol. The first kappa shape index (κ1) is 38.5. The predicted octanol–water partition coefficient (Wildman–Crippen LogP) is 16.5. The maximum absolute atomic E-state index is 6.50. The molecule has 0 N–H and O–H groups in total. The van der Waals surface area contributed by atoms with Crippen LogP contribution >= 0.6 is 0 Å². The lowest BCUT2D eigenvalue weighted by Crippen LogP contribution is -2.00. The van der Waals surface area contributed by atoms with Gasteiger partial charge in [-0.05, 0) is 90.5 Å². The van der Waals surface area contributed by atoms with Gasteiger partial charge in [0.1, 0.15) is 22.3 Å². The van der Waals surface area contributed by atoms with E-state index in [1.54, 1.807) is 0 Å². The summed E-state index contributed by atoms with van der Waals surface area (Å²) in [5.74, 6) is 1.85. The number of nitrogens with zero attached hydrogens (tertiary/aromatic N) is 5. The fourth-order valence-corrected chi connectivity index (χ4v) is 10.8. The molecule has 5 heterocycles. The van der Waals surface area contributed by atoms with Crippen LogP contribution in [-0.4, -0.2) is 24.1 Å². The molecule has 7 nitrogen and oxygen atoms in total. The quantitative estimate of drug-likeness (QED) is 0.166. The summed E-state index contributed by atoms with van der Waals surface area (Å²) in [4.78, 5) is 15.0. The maximum atomic E-state index is 6.50. The Balaban J connectivity index is 0.864. The molecular weight excluding hydrogens is 859 g/mol. The Labute approximate surface area is 399 Å². The summed E-state index contributed by atoms with van der Waals surface area (Å²) in [7, 11) is 0. The molecule has 0 atom stereocenters. The number of rotatable bonds is 6. The average molecular weight is 896 g/mol. The number of benzene rings is 10. The normalized spacial score (nSPS) is 12.0. The molecule has 0 amide bonds. The topological polar surface area (TPSA) is 74.8 Å². The molecule has 0 saturated heterocycles. The van der Waals surface area contributed by atoms with Crippen molar-refractivity contribution in [1.29, 1.82) is 0 Å². The van der Waals surface area contributed by atoms with Gasteiger partial charge >= 0.3 is 0 Å². The molecule has 10 aromatic carbocycles. The van der Waals surface area contributed by atoms with Crippen molar-refractivity contribution < 1.29 is 8.83 Å². The number of para-hydroxylation sites is 4. The molecule has 15 aromatic rings. The minimum Gasteiger partial charge on any atom is -0.456 e. The summed E-state index contributed by atoms with van der Waals surface area (Å²) in [6, 6.07) is 78.7. The summed E-state index contributed by atoms with van der Waals surface area (Å²) in [5, 5.41) is 9.00. The second-order valence-corrected chi connectivity index (χ2v) is 18.0. The zero-order chi connectivity index (χ0) is 45.9. The molecule has 326 valence electrons. The molecule has 0 spiro atoms. The van der Waals surface area contributed by atoms with Gasteiger partial charge in [0.25, 0.3) is 0 Å². The Hall–Kier alpha value is -9.59. The molecule has 5 aromatic heterocycles. The van der Waals surface area contributed by atoms with Gasteiger partial charge in [-0.3, -0.25) is 0 Å². The second-order valence-electron chi connectivity index (χ2n) is 18.0. The van der Waals surface area contributed by atoms with E-state index >= 15 is 0 Å². The molecule has 15 rings (SSSR count). The fraction of sp³-hybridized carbons (Fsp3) is 0. The van der Waals surface area contributed by atoms with E-state index in [0.29, 0.717) is 17.5 Å². The van der Waals surface area contributed by atoms with Gasteiger partial charge < -0.3 is 18.0 Å². The highest BCUT2D eigenvalue weighted by Gasteiger charge is 2.20. The van der Waals surface area contributed by atoms with Crippen LogP contribution in [-0.2, 0) is 0 Å². The summed E-state index contributed by atoms with van der Waals surface area (Å²) < 4.78 is 17.8. The van der Waals surface area contributed by atoms with E-state index < -0.39 is 0 Å². The van der Waals surface area contributed by atoms with Gasteiger partial charge in [0.05, 0.1) is 22.1 Å². The van der Waals surface area contributed by atoms with Crippen molar-refractivity contribution in [2.24, 2.45) is 0 Å². The molecule has 0 aliphatic heterocycles. The van der Waals surface area contributed by atoms with Crippen LogP contribution in [0.5, 0.6) is 0 Å². The minimum atomic E-state index is 0.599. The second kappa shape index (κ2) is 15.0. The highest BCUT2D eigenvalue weighted by Crippen LogP contribution is 2.42. The van der Waals surface area contributed by atoms with E-state index in [4.69, 9.17) is 23.8 Å². The van der Waals surface area contributed by atoms with Crippen molar-refractivity contribution in [3.8, 4) is 56.7 Å². The van der Waals surface area contributed by atoms with E-state index in [9.17, 15) is 0 Å². The van der Waals surface area contributed by atoms with E-state index in [-0.39, 0.29) is 0 Å². The first-order valence-corrected chi connectivity index (χ1v) is 23.5. The summed E-state index contributed by atoms with van der Waals surface area (Å²) in [6.07, 6.45) is 0. The SMILES string of the molecule is c1ccc(-c2nc(-c3ccccc3)nc(-c3ccc4oc5ccc(-n6c7ccccc7c7cc(-n8c9ccccc9c9cc(-c%10cccc%11c%10oc%10ccccc%10%11)ccc98)ccc76)cc5c4c3)n2)cc1. The number of hydrogen-bond donors (Lipinski definition) is 0. The lowest BCUT2D eigenvalue weighted by molar-refractivity contribution is 0.669. The highest BCUT2D eigenvalue weighted by molar-refractivity contribution is 6.15. The summed E-state index contributed by atoms with van der Waals surface area (Å²) >= 11 is 0. The van der Waals surface area contributed by atoms with Gasteiger partial charge in [0, 0.05) is 76.7 Å². The average Bonchev–Trinajstić information content (AvgIpc) is 4.18. The number of hydrogen-bond acceptors (Lipinski definition) is 5. The maximum Gasteiger partial charge on any atom is 0.164 e. The molecule has 0 aliphatic carbocycles. The molecule has 7 heteroatoms. The van der Waals surface area contributed by atoms with Crippen LogP contribution in [0.4, 0.5) is 0 Å². The van der Waals surface area contributed by atoms with Gasteiger partial charge in [-0.25, -0.2) is 15.0 Å². The molecular formula is C63H37N5O2. The van der Waals surface area contributed by atoms with Crippen LogP contribution in [0, 0.1) is 0 Å². The van der Waals surface area contributed by atoms with E-state index in [1.807, 2.05) is 84.9 Å². The largest absolute Gasteiger partial charge is 0.456 e. The van der Waals surface area contributed by atoms with Crippen molar-refractivity contribution in [2.75, 3.05) is 0 Å². The molecule has 0 unspecified atom stereocenters. The summed E-state index contributed by atoms with van der Waals surface area (Å²) in [6.45, 7) is 0. The molecule has 0 fully saturated rings. The van der Waals surface area contributed by atoms with Gasteiger partial charge in [0.15, 0.2) is 17.5 Å². The molecule has 0 bridgehead atoms. The van der Waals surface area contributed by atoms with Gasteiger partial charge in [-0.15, -0.1) is 0 Å². The Morgan fingerprint density at radius 2 is 0.729 bits per heavy atom. The number of fused-ring (bicyclic) bond motifs is 12. The van der Waals surface area contributed by atoms with Crippen LogP contribution in [0.1, 0.15) is 0 Å². The van der Waals surface area contributed by atoms with Crippen molar-refractivity contribution >= 4 is 87.5 Å². The van der Waals surface area contributed by atoms with Crippen LogP contribution in [0.15, 0.2) is 233 Å². The number of furan rings is 2. The van der Waals surface area contributed by atoms with E-state index in [2.05, 4.69) is 149 Å². The van der Waals surface area contributed by atoms with Crippen LogP contribution in [0.3, 0.4) is 0 Å². The zero-order valence-electron chi connectivity index (χ0n) is 37.4. The van der Waals surface area contributed by atoms with Gasteiger partial charge in [-0.1, -0.05) is 140 Å². The molecule has 0 saturated carbocycles. The smallest absolute Gasteiger partial charge is 0.164 e. The molecule has 0 radical (unpaired) electrons. The van der Waals surface area contributed by atoms with E-state index in [1.165, 1.54) is 21.5 Å². The fourth-order valence-electron chi connectivity index (χ4n) is 10.8. The molecule has 0 aliphatic rings. The third kappa shape index (κ3) is 5.85. The Morgan fingerprint density at radius 3 is 1.41 bits per heavy atom. The Kier molecular flexibility index (Phi) is 8.23. The Morgan fingerprint density at radius 1 is 0.271 bits per heavy atom. The molecule has 70 heavy (non-hydrogen) atoms. The number of aromatic nitrogens is 5. The van der Waals surface area contributed by atoms with Crippen LogP contribution in [0.25, 0.3) is 144 Å². The highest BCUT2D eigenvalue weighted by atomic mass is 16.3. The van der Waals surface area contributed by atoms with Gasteiger partial charge in [0.2, 0.25) is 0 Å². The third-order valence-corrected chi connectivity index (χ3v) is 14.0. The van der Waals surface area contributed by atoms with Gasteiger partial charge in [-0.2, -0.15) is 0 Å². The van der Waals surface area contributed by atoms with Crippen molar-refractivity contribution in [3.05, 3.63) is 224 Å². The van der Waals surface area contributed by atoms with E-state index in [0.717, 1.165) is 105 Å². The van der Waals surface area contributed by atoms with Crippen LogP contribution < -0.4 is 0 Å². The zero-order valence-corrected chi connectivity index (χ0v) is 37.4. The Bertz CT molecular complexity index is 4540. The first-order chi connectivity index (χ1) is 34.7. The van der Waals surface area contributed by atoms with Crippen molar-refractivity contribution in [2.45, 2.75) is 0 Å². The first-order valence-electron chi connectivity index (χ1n) is 23.5. The monoisotopic (exact) mass is 895 g/mol. The minimum absolute atomic E-state index is 0.599. The van der Waals surface area contributed by atoms with Crippen LogP contribution in [0.2, 0.25) is 0 Å². The lowest BCUT2D eigenvalue weighted by Gasteiger charge is -2.11. The summed E-state index contributed by atoms with van der Waals surface area (Å²) in [5.41, 5.74) is 15.1. The standard InChI is InChI=1S/C63H37N5O2/c1-3-14-38(15-4-1)61-64-62(39-16-5-2-6-17-39)66-63(65-61)41-27-32-58-51(35-41)52-37-43(29-33-59(52)69-58)68-54-24-11-8-19-46(54)50-36-42(28-31-56(50)68)67-53-23-10-7-18-45(53)49-34-40(26-30-55(49)67)44-21-13-22-48-47-20-9-12-25-57(47)70-60(44)48/h1-37H. The van der Waals surface area contributed by atoms with Crippen molar-refractivity contribution in [3.63, 3.8) is 0 Å².